The van der Waals surface area contributed by atoms with E-state index < -0.39 is 0 Å². The van der Waals surface area contributed by atoms with Crippen LogP contribution in [0.3, 0.4) is 0 Å². The maximum atomic E-state index is 4.23. The van der Waals surface area contributed by atoms with E-state index >= 15 is 0 Å². The van der Waals surface area contributed by atoms with Gasteiger partial charge >= 0.3 is 0 Å². The highest BCUT2D eigenvalue weighted by Crippen LogP contribution is 2.18. The Morgan fingerprint density at radius 2 is 2.33 bits per heavy atom. The molecule has 0 amide bonds. The van der Waals surface area contributed by atoms with Crippen LogP contribution >= 0.6 is 0 Å². The molecule has 0 spiro atoms. The van der Waals surface area contributed by atoms with Crippen molar-refractivity contribution in [3.8, 4) is 0 Å². The molecule has 2 heterocycles. The molecule has 0 bridgehead atoms. The summed E-state index contributed by atoms with van der Waals surface area (Å²) in [5, 5.41) is 0. The molecule has 1 saturated heterocycles. The Labute approximate surface area is 71.4 Å². The third kappa shape index (κ3) is 1.44. The summed E-state index contributed by atoms with van der Waals surface area (Å²) >= 11 is 0. The minimum absolute atomic E-state index is 0.314. The zero-order valence-electron chi connectivity index (χ0n) is 6.99. The van der Waals surface area contributed by atoms with Crippen molar-refractivity contribution in [1.29, 1.82) is 0 Å². The molecule has 12 heavy (non-hydrogen) atoms. The lowest BCUT2D eigenvalue weighted by Gasteiger charge is -2.06. The van der Waals surface area contributed by atoms with Crippen LogP contribution in [0.15, 0.2) is 18.6 Å². The van der Waals surface area contributed by atoms with E-state index in [9.17, 15) is 0 Å². The third-order valence-electron chi connectivity index (χ3n) is 2.03. The van der Waals surface area contributed by atoms with E-state index in [1.165, 1.54) is 0 Å². The Kier molecular flexibility index (Phi) is 2.01. The summed E-state index contributed by atoms with van der Waals surface area (Å²) in [5.41, 5.74) is 7.33. The van der Waals surface area contributed by atoms with Crippen molar-refractivity contribution in [2.45, 2.75) is 25.4 Å². The molecule has 2 rings (SSSR count). The zero-order chi connectivity index (χ0) is 8.39. The van der Waals surface area contributed by atoms with Crippen molar-refractivity contribution in [3.63, 3.8) is 0 Å². The van der Waals surface area contributed by atoms with Crippen LogP contribution in [-0.4, -0.2) is 16.0 Å². The van der Waals surface area contributed by atoms with Gasteiger partial charge in [0.05, 0.1) is 17.9 Å². The summed E-state index contributed by atoms with van der Waals surface area (Å²) in [6.45, 7) is 2.14. The molecule has 0 saturated carbocycles. The van der Waals surface area contributed by atoms with Crippen molar-refractivity contribution in [2.75, 3.05) is 0 Å². The maximum absolute atomic E-state index is 4.23. The molecule has 1 aromatic rings. The standard InChI is InChI=1S/C8H12N4/c1-6-4-7(12-11-6)8-5-9-2-3-10-8/h2-3,5-7,11-12H,4H2,1H3. The largest absolute Gasteiger partial charge is 0.261 e. The van der Waals surface area contributed by atoms with E-state index in [0.29, 0.717) is 12.1 Å². The Bertz CT molecular complexity index is 248. The highest BCUT2D eigenvalue weighted by atomic mass is 15.4. The van der Waals surface area contributed by atoms with Gasteiger partial charge in [-0.3, -0.25) is 15.4 Å². The Morgan fingerprint density at radius 3 is 2.92 bits per heavy atom. The number of nitrogens with one attached hydrogen (secondary N) is 2. The normalized spacial score (nSPS) is 29.1. The van der Waals surface area contributed by atoms with Crippen molar-refractivity contribution in [3.05, 3.63) is 24.3 Å². The second kappa shape index (κ2) is 3.16. The van der Waals surface area contributed by atoms with Crippen molar-refractivity contribution < 1.29 is 0 Å². The second-order valence-electron chi connectivity index (χ2n) is 3.11. The molecule has 64 valence electrons. The van der Waals surface area contributed by atoms with Crippen LogP contribution in [-0.2, 0) is 0 Å². The van der Waals surface area contributed by atoms with Crippen LogP contribution < -0.4 is 10.9 Å². The van der Waals surface area contributed by atoms with Crippen LogP contribution in [0.4, 0.5) is 0 Å². The van der Waals surface area contributed by atoms with Gasteiger partial charge in [0.15, 0.2) is 0 Å². The molecule has 1 fully saturated rings. The van der Waals surface area contributed by atoms with E-state index in [0.717, 1.165) is 12.1 Å². The predicted molar refractivity (Wildman–Crippen MR) is 45.1 cm³/mol. The highest BCUT2D eigenvalue weighted by molar-refractivity contribution is 5.04. The first-order valence-electron chi connectivity index (χ1n) is 4.13. The van der Waals surface area contributed by atoms with E-state index in [1.54, 1.807) is 18.6 Å². The van der Waals surface area contributed by atoms with Crippen LogP contribution in [0.25, 0.3) is 0 Å². The molecule has 1 aromatic heterocycles. The third-order valence-corrected chi connectivity index (χ3v) is 2.03. The molecular weight excluding hydrogens is 152 g/mol. The van der Waals surface area contributed by atoms with E-state index in [-0.39, 0.29) is 0 Å². The molecule has 4 nitrogen and oxygen atoms in total. The SMILES string of the molecule is CC1CC(c2cnccn2)NN1. The summed E-state index contributed by atoms with van der Waals surface area (Å²) in [6, 6.07) is 0.825. The average molecular weight is 164 g/mol. The van der Waals surface area contributed by atoms with E-state index in [1.807, 2.05) is 0 Å². The summed E-state index contributed by atoms with van der Waals surface area (Å²) in [7, 11) is 0. The van der Waals surface area contributed by atoms with Crippen LogP contribution in [0, 0.1) is 0 Å². The first-order valence-corrected chi connectivity index (χ1v) is 4.13. The summed E-state index contributed by atoms with van der Waals surface area (Å²) in [4.78, 5) is 8.25. The second-order valence-corrected chi connectivity index (χ2v) is 3.11. The van der Waals surface area contributed by atoms with Crippen molar-refractivity contribution in [2.24, 2.45) is 0 Å². The van der Waals surface area contributed by atoms with E-state index in [4.69, 9.17) is 0 Å². The molecule has 2 unspecified atom stereocenters. The fourth-order valence-electron chi connectivity index (χ4n) is 1.40. The van der Waals surface area contributed by atoms with Gasteiger partial charge in [-0.15, -0.1) is 0 Å². The molecule has 0 aliphatic carbocycles. The number of nitrogens with zero attached hydrogens (tertiary/aromatic N) is 2. The molecule has 1 aliphatic rings. The fraction of sp³-hybridized carbons (Fsp3) is 0.500. The monoisotopic (exact) mass is 164 g/mol. The molecule has 4 heteroatoms. The number of rotatable bonds is 1. The Hall–Kier alpha value is -1.00. The quantitative estimate of drug-likeness (QED) is 0.631. The summed E-state index contributed by atoms with van der Waals surface area (Å²) < 4.78 is 0. The van der Waals surface area contributed by atoms with Crippen LogP contribution in [0.5, 0.6) is 0 Å². The van der Waals surface area contributed by atoms with Crippen molar-refractivity contribution in [1.82, 2.24) is 20.8 Å². The molecule has 2 N–H and O–H groups in total. The number of hydrazine groups is 1. The molecule has 0 aromatic carbocycles. The Morgan fingerprint density at radius 1 is 1.42 bits per heavy atom. The molecule has 0 radical (unpaired) electrons. The van der Waals surface area contributed by atoms with Gasteiger partial charge in [0.2, 0.25) is 0 Å². The fourth-order valence-corrected chi connectivity index (χ4v) is 1.40. The van der Waals surface area contributed by atoms with Gasteiger partial charge in [-0.05, 0) is 13.3 Å². The summed E-state index contributed by atoms with van der Waals surface area (Å²) in [5.74, 6) is 0. The van der Waals surface area contributed by atoms with Gasteiger partial charge in [0.25, 0.3) is 0 Å². The molecule has 1 aliphatic heterocycles. The lowest BCUT2D eigenvalue weighted by Crippen LogP contribution is -2.29. The Balaban J connectivity index is 2.11. The van der Waals surface area contributed by atoms with Gasteiger partial charge in [-0.25, -0.2) is 5.43 Å². The maximum Gasteiger partial charge on any atom is 0.0770 e. The van der Waals surface area contributed by atoms with Gasteiger partial charge in [-0.1, -0.05) is 0 Å². The van der Waals surface area contributed by atoms with Gasteiger partial charge in [0.1, 0.15) is 0 Å². The summed E-state index contributed by atoms with van der Waals surface area (Å²) in [6.07, 6.45) is 6.28. The number of hydrogen-bond donors (Lipinski definition) is 2. The predicted octanol–water partition coefficient (Wildman–Crippen LogP) is 0.404. The highest BCUT2D eigenvalue weighted by Gasteiger charge is 2.22. The lowest BCUT2D eigenvalue weighted by molar-refractivity contribution is 0.552. The van der Waals surface area contributed by atoms with Gasteiger partial charge < -0.3 is 0 Å². The van der Waals surface area contributed by atoms with Gasteiger partial charge in [-0.2, -0.15) is 0 Å². The minimum Gasteiger partial charge on any atom is -0.261 e. The topological polar surface area (TPSA) is 49.8 Å². The minimum atomic E-state index is 0.314. The van der Waals surface area contributed by atoms with Gasteiger partial charge in [0, 0.05) is 18.4 Å². The van der Waals surface area contributed by atoms with Crippen LogP contribution in [0.2, 0.25) is 0 Å². The van der Waals surface area contributed by atoms with Crippen LogP contribution in [0.1, 0.15) is 25.1 Å². The number of aromatic nitrogens is 2. The van der Waals surface area contributed by atoms with E-state index in [2.05, 4.69) is 27.7 Å². The number of hydrogen-bond acceptors (Lipinski definition) is 4. The van der Waals surface area contributed by atoms with Crippen molar-refractivity contribution >= 4 is 0 Å². The first-order chi connectivity index (χ1) is 5.86. The smallest absolute Gasteiger partial charge is 0.0770 e. The zero-order valence-corrected chi connectivity index (χ0v) is 6.99. The average Bonchev–Trinajstić information content (AvgIpc) is 2.54. The molecule has 2 atom stereocenters. The molecular formula is C8H12N4. The first kappa shape index (κ1) is 7.64. The lowest BCUT2D eigenvalue weighted by atomic mass is 10.1.